The van der Waals surface area contributed by atoms with E-state index in [9.17, 15) is 0 Å². The van der Waals surface area contributed by atoms with Gasteiger partial charge in [-0.05, 0) is 30.7 Å². The molecule has 1 aromatic carbocycles. The Kier molecular flexibility index (Phi) is 2.26. The molecule has 4 heteroatoms. The van der Waals surface area contributed by atoms with E-state index in [-0.39, 0.29) is 0 Å². The maximum Gasteiger partial charge on any atom is 0.207 e. The molecule has 0 fully saturated rings. The van der Waals surface area contributed by atoms with E-state index in [0.717, 1.165) is 17.0 Å². The second kappa shape index (κ2) is 3.90. The number of aryl methyl sites for hydroxylation is 1. The number of nitrogens with zero attached hydrogens (tertiary/aromatic N) is 3. The quantitative estimate of drug-likeness (QED) is 0.673. The number of hydrogen-bond acceptors (Lipinski definition) is 3. The fraction of sp³-hybridized carbons (Fsp3) is 0.0769. The molecule has 0 amide bonds. The van der Waals surface area contributed by atoms with Crippen LogP contribution >= 0.6 is 0 Å². The van der Waals surface area contributed by atoms with Gasteiger partial charge in [-0.2, -0.15) is 0 Å². The van der Waals surface area contributed by atoms with Crippen molar-refractivity contribution in [3.63, 3.8) is 0 Å². The highest BCUT2D eigenvalue weighted by Gasteiger charge is 2.05. The van der Waals surface area contributed by atoms with Crippen molar-refractivity contribution >= 4 is 5.65 Å². The molecule has 0 N–H and O–H groups in total. The van der Waals surface area contributed by atoms with Crippen LogP contribution in [0.1, 0.15) is 5.56 Å². The van der Waals surface area contributed by atoms with Crippen LogP contribution < -0.4 is 4.74 Å². The molecule has 3 aromatic rings. The lowest BCUT2D eigenvalue weighted by atomic mass is 10.2. The van der Waals surface area contributed by atoms with E-state index < -0.39 is 0 Å². The Hall–Kier alpha value is -2.36. The van der Waals surface area contributed by atoms with E-state index in [0.29, 0.717) is 5.88 Å². The Morgan fingerprint density at radius 2 is 1.94 bits per heavy atom. The van der Waals surface area contributed by atoms with E-state index in [4.69, 9.17) is 4.74 Å². The van der Waals surface area contributed by atoms with E-state index in [1.165, 1.54) is 0 Å². The highest BCUT2D eigenvalue weighted by molar-refractivity contribution is 5.42. The molecule has 17 heavy (non-hydrogen) atoms. The zero-order chi connectivity index (χ0) is 11.7. The molecule has 0 bridgehead atoms. The molecule has 0 radical (unpaired) electrons. The normalized spacial score (nSPS) is 10.6. The number of para-hydroxylation sites is 1. The monoisotopic (exact) mass is 225 g/mol. The van der Waals surface area contributed by atoms with Crippen LogP contribution in [0.15, 0.2) is 48.8 Å². The smallest absolute Gasteiger partial charge is 0.207 e. The summed E-state index contributed by atoms with van der Waals surface area (Å²) in [4.78, 5) is 0. The Bertz CT molecular complexity index is 660. The van der Waals surface area contributed by atoms with Crippen LogP contribution in [0.2, 0.25) is 0 Å². The van der Waals surface area contributed by atoms with Gasteiger partial charge in [0.1, 0.15) is 12.1 Å². The Labute approximate surface area is 98.5 Å². The minimum absolute atomic E-state index is 0.710. The first-order valence-electron chi connectivity index (χ1n) is 5.37. The second-order valence-electron chi connectivity index (χ2n) is 3.79. The zero-order valence-electron chi connectivity index (χ0n) is 9.37. The van der Waals surface area contributed by atoms with Gasteiger partial charge >= 0.3 is 0 Å². The third kappa shape index (κ3) is 1.73. The molecule has 0 unspecified atom stereocenters. The molecule has 0 aliphatic heterocycles. The fourth-order valence-electron chi connectivity index (χ4n) is 1.69. The van der Waals surface area contributed by atoms with Gasteiger partial charge in [0.05, 0.1) is 0 Å². The number of fused-ring (bicyclic) bond motifs is 1. The fourth-order valence-corrected chi connectivity index (χ4v) is 1.69. The van der Waals surface area contributed by atoms with Crippen molar-refractivity contribution in [2.75, 3.05) is 0 Å². The van der Waals surface area contributed by atoms with Gasteiger partial charge < -0.3 is 4.74 Å². The summed E-state index contributed by atoms with van der Waals surface area (Å²) >= 11 is 0. The van der Waals surface area contributed by atoms with Gasteiger partial charge in [-0.15, -0.1) is 10.2 Å². The maximum absolute atomic E-state index is 5.86. The summed E-state index contributed by atoms with van der Waals surface area (Å²) in [5.74, 6) is 1.55. The number of hydrogen-bond donors (Lipinski definition) is 0. The van der Waals surface area contributed by atoms with Crippen molar-refractivity contribution in [2.45, 2.75) is 6.92 Å². The number of benzene rings is 1. The lowest BCUT2D eigenvalue weighted by Crippen LogP contribution is -1.93. The molecule has 0 aliphatic rings. The summed E-state index contributed by atoms with van der Waals surface area (Å²) in [5.41, 5.74) is 1.87. The maximum atomic E-state index is 5.86. The van der Waals surface area contributed by atoms with Gasteiger partial charge in [0.25, 0.3) is 0 Å². The lowest BCUT2D eigenvalue weighted by Gasteiger charge is -2.09. The topological polar surface area (TPSA) is 39.4 Å². The van der Waals surface area contributed by atoms with Crippen molar-refractivity contribution in [1.29, 1.82) is 0 Å². The average molecular weight is 225 g/mol. The van der Waals surface area contributed by atoms with Gasteiger partial charge in [-0.3, -0.25) is 4.40 Å². The molecule has 2 aromatic heterocycles. The number of rotatable bonds is 2. The largest absolute Gasteiger partial charge is 0.440 e. The van der Waals surface area contributed by atoms with Crippen molar-refractivity contribution in [3.8, 4) is 11.6 Å². The average Bonchev–Trinajstić information content (AvgIpc) is 2.81. The summed E-state index contributed by atoms with van der Waals surface area (Å²) in [6.07, 6.45) is 1.64. The molecule has 84 valence electrons. The van der Waals surface area contributed by atoms with E-state index in [2.05, 4.69) is 10.2 Å². The van der Waals surface area contributed by atoms with E-state index in [1.807, 2.05) is 53.8 Å². The lowest BCUT2D eigenvalue weighted by molar-refractivity contribution is 0.452. The summed E-state index contributed by atoms with van der Waals surface area (Å²) in [6.45, 7) is 2.02. The van der Waals surface area contributed by atoms with Crippen molar-refractivity contribution < 1.29 is 4.74 Å². The van der Waals surface area contributed by atoms with Crippen LogP contribution in [-0.4, -0.2) is 14.6 Å². The molecule has 2 heterocycles. The van der Waals surface area contributed by atoms with Crippen LogP contribution in [0.5, 0.6) is 11.6 Å². The molecule has 3 rings (SSSR count). The van der Waals surface area contributed by atoms with E-state index >= 15 is 0 Å². The first kappa shape index (κ1) is 9.84. The third-order valence-electron chi connectivity index (χ3n) is 2.60. The summed E-state index contributed by atoms with van der Waals surface area (Å²) in [6, 6.07) is 13.6. The molecule has 0 aliphatic carbocycles. The minimum atomic E-state index is 0.710. The highest BCUT2D eigenvalue weighted by atomic mass is 16.5. The molecule has 0 saturated heterocycles. The second-order valence-corrected chi connectivity index (χ2v) is 3.79. The SMILES string of the molecule is Cc1ccccc1Oc1cccc2nncn12. The minimum Gasteiger partial charge on any atom is -0.440 e. The Morgan fingerprint density at radius 1 is 1.06 bits per heavy atom. The summed E-state index contributed by atoms with van der Waals surface area (Å²) in [7, 11) is 0. The van der Waals surface area contributed by atoms with Crippen LogP contribution in [0.3, 0.4) is 0 Å². The van der Waals surface area contributed by atoms with Gasteiger partial charge in [-0.25, -0.2) is 0 Å². The van der Waals surface area contributed by atoms with Crippen LogP contribution in [0.25, 0.3) is 5.65 Å². The molecular formula is C13H11N3O. The summed E-state index contributed by atoms with van der Waals surface area (Å²) in [5, 5.41) is 7.84. The molecule has 0 spiro atoms. The Balaban J connectivity index is 2.06. The van der Waals surface area contributed by atoms with Crippen LogP contribution in [-0.2, 0) is 0 Å². The van der Waals surface area contributed by atoms with Crippen molar-refractivity contribution in [3.05, 3.63) is 54.4 Å². The van der Waals surface area contributed by atoms with Crippen molar-refractivity contribution in [2.24, 2.45) is 0 Å². The Morgan fingerprint density at radius 3 is 2.82 bits per heavy atom. The molecular weight excluding hydrogens is 214 g/mol. The predicted octanol–water partition coefficient (Wildman–Crippen LogP) is 2.83. The van der Waals surface area contributed by atoms with Gasteiger partial charge in [0, 0.05) is 0 Å². The van der Waals surface area contributed by atoms with Gasteiger partial charge in [0.2, 0.25) is 5.88 Å². The number of aromatic nitrogens is 3. The predicted molar refractivity (Wildman–Crippen MR) is 64.2 cm³/mol. The standard InChI is InChI=1S/C13H11N3O/c1-10-5-2-3-6-11(10)17-13-8-4-7-12-15-14-9-16(12)13/h2-9H,1H3. The van der Waals surface area contributed by atoms with Crippen LogP contribution in [0.4, 0.5) is 0 Å². The first-order chi connectivity index (χ1) is 8.34. The number of pyridine rings is 1. The summed E-state index contributed by atoms with van der Waals surface area (Å²) < 4.78 is 7.68. The molecule has 4 nitrogen and oxygen atoms in total. The van der Waals surface area contributed by atoms with Crippen LogP contribution in [0, 0.1) is 6.92 Å². The zero-order valence-corrected chi connectivity index (χ0v) is 9.37. The van der Waals surface area contributed by atoms with Gasteiger partial charge in [0.15, 0.2) is 5.65 Å². The first-order valence-corrected chi connectivity index (χ1v) is 5.37. The van der Waals surface area contributed by atoms with Gasteiger partial charge in [-0.1, -0.05) is 24.3 Å². The number of ether oxygens (including phenoxy) is 1. The molecule has 0 saturated carbocycles. The van der Waals surface area contributed by atoms with E-state index in [1.54, 1.807) is 6.33 Å². The molecule has 0 atom stereocenters. The highest BCUT2D eigenvalue weighted by Crippen LogP contribution is 2.24. The van der Waals surface area contributed by atoms with Crippen molar-refractivity contribution in [1.82, 2.24) is 14.6 Å². The third-order valence-corrected chi connectivity index (χ3v) is 2.60.